The number of fused-ring (bicyclic) bond motifs is 1. The van der Waals surface area contributed by atoms with Gasteiger partial charge in [-0.1, -0.05) is 0 Å². The Labute approximate surface area is 300 Å². The fraction of sp³-hybridized carbons (Fsp3) is 0.600. The molecule has 4 rings (SSSR count). The third kappa shape index (κ3) is 11.2. The average molecular weight is 733 g/mol. The fourth-order valence-electron chi connectivity index (χ4n) is 6.13. The maximum Gasteiger partial charge on any atom is 0.341 e. The number of pyridine rings is 1. The summed E-state index contributed by atoms with van der Waals surface area (Å²) in [5.74, 6) is -3.76. The van der Waals surface area contributed by atoms with Gasteiger partial charge in [0.1, 0.15) is 11.4 Å². The molecule has 1 aliphatic carbocycles. The maximum absolute atomic E-state index is 15.3. The lowest BCUT2D eigenvalue weighted by atomic mass is 10.1. The number of aliphatic hydroxyl groups is 1. The Morgan fingerprint density at radius 3 is 2.04 bits per heavy atom. The van der Waals surface area contributed by atoms with Crippen LogP contribution in [0, 0.1) is 5.82 Å². The second kappa shape index (κ2) is 19.3. The van der Waals surface area contributed by atoms with E-state index in [2.05, 4.69) is 5.32 Å². The van der Waals surface area contributed by atoms with Gasteiger partial charge in [-0.15, -0.1) is 0 Å². The number of halogens is 1. The van der Waals surface area contributed by atoms with Gasteiger partial charge in [-0.3, -0.25) is 34.4 Å². The van der Waals surface area contributed by atoms with Crippen LogP contribution < -0.4 is 15.6 Å². The van der Waals surface area contributed by atoms with Crippen LogP contribution in [0.15, 0.2) is 23.1 Å². The minimum atomic E-state index is -1.36. The van der Waals surface area contributed by atoms with Crippen molar-refractivity contribution in [2.24, 2.45) is 0 Å². The smallest absolute Gasteiger partial charge is 0.341 e. The third-order valence-corrected chi connectivity index (χ3v) is 9.34. The zero-order chi connectivity index (χ0) is 37.8. The van der Waals surface area contributed by atoms with E-state index in [-0.39, 0.29) is 87.4 Å². The summed E-state index contributed by atoms with van der Waals surface area (Å²) in [4.78, 5) is 76.9. The van der Waals surface area contributed by atoms with Crippen molar-refractivity contribution in [1.82, 2.24) is 24.9 Å². The van der Waals surface area contributed by atoms with E-state index in [1.54, 1.807) is 20.4 Å². The minimum absolute atomic E-state index is 0.00831. The molecule has 2 fully saturated rings. The SMILES string of the molecule is O=C(CCC(=O)N(O)CCCCCO)NCCCCCN(O)C(=O)CCC(=O)N1CCN(c2cc3c(cc2F)c(=O)c(C(=O)O)cn3C2CC2)CC1. The zero-order valence-electron chi connectivity index (χ0n) is 29.3. The highest BCUT2D eigenvalue weighted by molar-refractivity contribution is 5.93. The molecule has 1 saturated heterocycles. The Morgan fingerprint density at radius 2 is 1.44 bits per heavy atom. The number of benzene rings is 1. The number of aromatic nitrogens is 1. The number of carboxylic acids is 1. The molecule has 0 atom stereocenters. The molecule has 5 N–H and O–H groups in total. The van der Waals surface area contributed by atoms with Gasteiger partial charge in [-0.05, 0) is 63.5 Å². The van der Waals surface area contributed by atoms with Crippen molar-refractivity contribution in [3.05, 3.63) is 39.9 Å². The summed E-state index contributed by atoms with van der Waals surface area (Å²) >= 11 is 0. The van der Waals surface area contributed by atoms with E-state index in [9.17, 15) is 44.3 Å². The normalized spacial score (nSPS) is 14.4. The molecule has 16 nitrogen and oxygen atoms in total. The van der Waals surface area contributed by atoms with Gasteiger partial charge in [0, 0.05) is 95.7 Å². The van der Waals surface area contributed by atoms with Gasteiger partial charge >= 0.3 is 5.97 Å². The average Bonchev–Trinajstić information content (AvgIpc) is 3.98. The molecular formula is C35H49FN6O10. The topological polar surface area (TPSA) is 213 Å². The number of nitrogens with zero attached hydrogens (tertiary/aromatic N) is 5. The van der Waals surface area contributed by atoms with Gasteiger partial charge in [-0.2, -0.15) is 0 Å². The number of carbonyl (C=O) groups excluding carboxylic acids is 4. The van der Waals surface area contributed by atoms with Crippen LogP contribution in [0.3, 0.4) is 0 Å². The van der Waals surface area contributed by atoms with Crippen molar-refractivity contribution < 1.29 is 49.0 Å². The first-order chi connectivity index (χ1) is 24.9. The number of anilines is 1. The zero-order valence-corrected chi connectivity index (χ0v) is 29.3. The highest BCUT2D eigenvalue weighted by Crippen LogP contribution is 2.38. The van der Waals surface area contributed by atoms with Crippen molar-refractivity contribution in [2.45, 2.75) is 83.1 Å². The summed E-state index contributed by atoms with van der Waals surface area (Å²) in [7, 11) is 0. The number of hydroxylamine groups is 4. The Hall–Kier alpha value is -4.61. The van der Waals surface area contributed by atoms with Crippen LogP contribution >= 0.6 is 0 Å². The molecule has 1 aliphatic heterocycles. The standard InChI is InChI=1S/C35H49FN6O10/c36-27-21-25-28(40(24-7-8-24)23-26(34(25)48)35(49)50)22-29(27)38-16-18-39(19-17-38)31(45)11-12-33(47)42(52)14-4-1-3-13-37-30(44)9-10-32(46)41(51)15-5-2-6-20-43/h21-24,43,51-52H,1-20H2,(H,37,44)(H,49,50). The summed E-state index contributed by atoms with van der Waals surface area (Å²) in [6.07, 6.45) is 5.97. The van der Waals surface area contributed by atoms with Crippen LogP contribution in [0.1, 0.15) is 93.4 Å². The van der Waals surface area contributed by atoms with Gasteiger partial charge < -0.3 is 29.9 Å². The number of aliphatic hydroxyl groups excluding tert-OH is 1. The second-order valence-electron chi connectivity index (χ2n) is 13.2. The van der Waals surface area contributed by atoms with Gasteiger partial charge in [-0.25, -0.2) is 19.3 Å². The van der Waals surface area contributed by atoms with E-state index in [4.69, 9.17) is 5.11 Å². The first kappa shape index (κ1) is 40.2. The monoisotopic (exact) mass is 732 g/mol. The quantitative estimate of drug-likeness (QED) is 0.0757. The van der Waals surface area contributed by atoms with Crippen molar-refractivity contribution in [1.29, 1.82) is 0 Å². The minimum Gasteiger partial charge on any atom is -0.477 e. The number of carbonyl (C=O) groups is 5. The molecule has 17 heteroatoms. The van der Waals surface area contributed by atoms with E-state index in [1.165, 1.54) is 6.20 Å². The Kier molecular flexibility index (Phi) is 14.9. The van der Waals surface area contributed by atoms with E-state index in [0.717, 1.165) is 18.9 Å². The molecular weight excluding hydrogens is 683 g/mol. The molecule has 0 bridgehead atoms. The lowest BCUT2D eigenvalue weighted by Gasteiger charge is -2.36. The van der Waals surface area contributed by atoms with E-state index in [1.807, 2.05) is 0 Å². The Balaban J connectivity index is 1.11. The summed E-state index contributed by atoms with van der Waals surface area (Å²) in [6.45, 7) is 1.77. The second-order valence-corrected chi connectivity index (χ2v) is 13.2. The largest absolute Gasteiger partial charge is 0.477 e. The van der Waals surface area contributed by atoms with Gasteiger partial charge in [0.15, 0.2) is 0 Å². The molecule has 0 spiro atoms. The molecule has 286 valence electrons. The predicted molar refractivity (Wildman–Crippen MR) is 185 cm³/mol. The summed E-state index contributed by atoms with van der Waals surface area (Å²) < 4.78 is 17.0. The molecule has 1 aromatic heterocycles. The number of piperazine rings is 1. The number of amides is 4. The lowest BCUT2D eigenvalue weighted by Crippen LogP contribution is -2.49. The van der Waals surface area contributed by atoms with E-state index in [0.29, 0.717) is 73.8 Å². The number of carboxylic acid groups (broad SMARTS) is 1. The summed E-state index contributed by atoms with van der Waals surface area (Å²) in [6, 6.07) is 2.70. The van der Waals surface area contributed by atoms with Crippen LogP contribution in [-0.4, -0.2) is 122 Å². The number of hydrogen-bond acceptors (Lipinski definition) is 10. The van der Waals surface area contributed by atoms with Crippen molar-refractivity contribution >= 4 is 46.2 Å². The molecule has 1 saturated carbocycles. The molecule has 0 unspecified atom stereocenters. The number of rotatable bonds is 20. The molecule has 0 radical (unpaired) electrons. The molecule has 1 aromatic carbocycles. The van der Waals surface area contributed by atoms with Crippen LogP contribution in [0.25, 0.3) is 10.9 Å². The van der Waals surface area contributed by atoms with Crippen molar-refractivity contribution in [3.8, 4) is 0 Å². The van der Waals surface area contributed by atoms with Crippen molar-refractivity contribution in [3.63, 3.8) is 0 Å². The lowest BCUT2D eigenvalue weighted by molar-refractivity contribution is -0.166. The number of unbranched alkanes of at least 4 members (excludes halogenated alkanes) is 4. The molecule has 52 heavy (non-hydrogen) atoms. The molecule has 2 aliphatic rings. The van der Waals surface area contributed by atoms with Gasteiger partial charge in [0.25, 0.3) is 0 Å². The highest BCUT2D eigenvalue weighted by Gasteiger charge is 2.29. The number of hydrogen-bond donors (Lipinski definition) is 5. The fourth-order valence-corrected chi connectivity index (χ4v) is 6.13. The molecule has 2 aromatic rings. The Bertz CT molecular complexity index is 1660. The Morgan fingerprint density at radius 1 is 0.827 bits per heavy atom. The highest BCUT2D eigenvalue weighted by atomic mass is 19.1. The van der Waals surface area contributed by atoms with Crippen LogP contribution in [0.5, 0.6) is 0 Å². The number of aromatic carboxylic acids is 1. The van der Waals surface area contributed by atoms with E-state index < -0.39 is 34.6 Å². The first-order valence-electron chi connectivity index (χ1n) is 17.9. The van der Waals surface area contributed by atoms with E-state index >= 15 is 4.39 Å². The summed E-state index contributed by atoms with van der Waals surface area (Å²) in [5, 5.41) is 42.0. The van der Waals surface area contributed by atoms with Gasteiger partial charge in [0.2, 0.25) is 29.1 Å². The van der Waals surface area contributed by atoms with Crippen LogP contribution in [-0.2, 0) is 19.2 Å². The van der Waals surface area contributed by atoms with Crippen LogP contribution in [0.2, 0.25) is 0 Å². The summed E-state index contributed by atoms with van der Waals surface area (Å²) in [5.41, 5.74) is -0.416. The maximum atomic E-state index is 15.3. The third-order valence-electron chi connectivity index (χ3n) is 9.34. The predicted octanol–water partition coefficient (Wildman–Crippen LogP) is 2.27. The first-order valence-corrected chi connectivity index (χ1v) is 17.9. The number of nitrogens with one attached hydrogen (secondary N) is 1. The van der Waals surface area contributed by atoms with Crippen molar-refractivity contribution in [2.75, 3.05) is 57.3 Å². The molecule has 2 heterocycles. The van der Waals surface area contributed by atoms with Crippen LogP contribution in [0.4, 0.5) is 10.1 Å². The molecule has 4 amide bonds. The van der Waals surface area contributed by atoms with Gasteiger partial charge in [0.05, 0.1) is 11.2 Å².